The van der Waals surface area contributed by atoms with Crippen LogP contribution < -0.4 is 5.32 Å². The molecule has 1 N–H and O–H groups in total. The molecule has 1 aliphatic rings. The fourth-order valence-electron chi connectivity index (χ4n) is 3.65. The lowest BCUT2D eigenvalue weighted by atomic mass is 10.1. The van der Waals surface area contributed by atoms with E-state index >= 15 is 0 Å². The van der Waals surface area contributed by atoms with Crippen LogP contribution >= 0.6 is 0 Å². The van der Waals surface area contributed by atoms with Gasteiger partial charge < -0.3 is 10.2 Å². The number of benzene rings is 2. The van der Waals surface area contributed by atoms with Crippen LogP contribution in [0.3, 0.4) is 0 Å². The van der Waals surface area contributed by atoms with E-state index in [1.165, 1.54) is 6.07 Å². The molecule has 0 atom stereocenters. The Morgan fingerprint density at radius 3 is 2.28 bits per heavy atom. The maximum absolute atomic E-state index is 13.7. The van der Waals surface area contributed by atoms with Crippen LogP contribution in [0, 0.1) is 19.7 Å². The molecule has 6 heteroatoms. The van der Waals surface area contributed by atoms with Gasteiger partial charge in [0.1, 0.15) is 5.82 Å². The smallest absolute Gasteiger partial charge is 0.238 e. The summed E-state index contributed by atoms with van der Waals surface area (Å²) < 4.78 is 13.7. The first-order chi connectivity index (χ1) is 13.9. The Kier molecular flexibility index (Phi) is 6.99. The van der Waals surface area contributed by atoms with Crippen molar-refractivity contribution in [2.24, 2.45) is 0 Å². The number of halogens is 1. The fraction of sp³-hybridized carbons (Fsp3) is 0.391. The second kappa shape index (κ2) is 9.65. The number of amides is 2. The summed E-state index contributed by atoms with van der Waals surface area (Å²) in [5.41, 5.74) is 3.54. The normalized spacial score (nSPS) is 14.7. The first kappa shape index (κ1) is 21.0. The van der Waals surface area contributed by atoms with Crippen molar-refractivity contribution in [3.63, 3.8) is 0 Å². The second-order valence-electron chi connectivity index (χ2n) is 7.56. The third kappa shape index (κ3) is 5.64. The lowest BCUT2D eigenvalue weighted by Crippen LogP contribution is -2.50. The van der Waals surface area contributed by atoms with Crippen LogP contribution in [0.15, 0.2) is 42.5 Å². The maximum atomic E-state index is 13.7. The molecule has 2 aromatic rings. The number of anilines is 1. The highest BCUT2D eigenvalue weighted by atomic mass is 19.1. The molecule has 0 spiro atoms. The summed E-state index contributed by atoms with van der Waals surface area (Å²) in [5, 5.41) is 3.01. The average Bonchev–Trinajstić information content (AvgIpc) is 2.70. The van der Waals surface area contributed by atoms with Crippen molar-refractivity contribution in [2.75, 3.05) is 38.0 Å². The molecular weight excluding hydrogens is 369 g/mol. The van der Waals surface area contributed by atoms with Crippen LogP contribution in [-0.2, 0) is 16.0 Å². The Balaban J connectivity index is 1.43. The molecule has 3 rings (SSSR count). The van der Waals surface area contributed by atoms with Crippen molar-refractivity contribution >= 4 is 17.5 Å². The van der Waals surface area contributed by atoms with Gasteiger partial charge in [-0.05, 0) is 43.0 Å². The summed E-state index contributed by atoms with van der Waals surface area (Å²) in [6.45, 7) is 6.77. The van der Waals surface area contributed by atoms with Crippen molar-refractivity contribution in [3.8, 4) is 0 Å². The van der Waals surface area contributed by atoms with E-state index < -0.39 is 0 Å². The van der Waals surface area contributed by atoms with Gasteiger partial charge in [-0.3, -0.25) is 14.5 Å². The Morgan fingerprint density at radius 2 is 1.62 bits per heavy atom. The summed E-state index contributed by atoms with van der Waals surface area (Å²) in [7, 11) is 0. The third-order valence-electron chi connectivity index (χ3n) is 5.40. The standard InChI is InChI=1S/C23H28FN3O2/c1-17-6-5-7-18(2)23(17)25-21(28)16-26-12-14-27(15-13-26)22(29)11-10-19-8-3-4-9-20(19)24/h3-9H,10-16H2,1-2H3,(H,25,28). The predicted molar refractivity (Wildman–Crippen MR) is 112 cm³/mol. The zero-order chi connectivity index (χ0) is 20.8. The average molecular weight is 397 g/mol. The number of rotatable bonds is 6. The molecule has 0 aliphatic carbocycles. The molecule has 5 nitrogen and oxygen atoms in total. The third-order valence-corrected chi connectivity index (χ3v) is 5.40. The first-order valence-corrected chi connectivity index (χ1v) is 10.0. The molecule has 0 bridgehead atoms. The summed E-state index contributed by atoms with van der Waals surface area (Å²) in [6, 6.07) is 12.5. The van der Waals surface area contributed by atoms with Crippen molar-refractivity contribution in [1.29, 1.82) is 0 Å². The Bertz CT molecular complexity index is 856. The van der Waals surface area contributed by atoms with E-state index in [0.717, 1.165) is 16.8 Å². The molecule has 1 saturated heterocycles. The van der Waals surface area contributed by atoms with E-state index in [9.17, 15) is 14.0 Å². The monoisotopic (exact) mass is 397 g/mol. The Labute approximate surface area is 171 Å². The lowest BCUT2D eigenvalue weighted by molar-refractivity contribution is -0.133. The zero-order valence-corrected chi connectivity index (χ0v) is 17.1. The van der Waals surface area contributed by atoms with E-state index in [-0.39, 0.29) is 17.6 Å². The summed E-state index contributed by atoms with van der Waals surface area (Å²) in [4.78, 5) is 28.7. The highest BCUT2D eigenvalue weighted by Gasteiger charge is 2.22. The second-order valence-corrected chi connectivity index (χ2v) is 7.56. The lowest BCUT2D eigenvalue weighted by Gasteiger charge is -2.34. The predicted octanol–water partition coefficient (Wildman–Crippen LogP) is 3.16. The van der Waals surface area contributed by atoms with Crippen molar-refractivity contribution in [3.05, 3.63) is 65.0 Å². The van der Waals surface area contributed by atoms with Gasteiger partial charge in [-0.2, -0.15) is 0 Å². The molecule has 0 aromatic heterocycles. The molecule has 154 valence electrons. The zero-order valence-electron chi connectivity index (χ0n) is 17.1. The van der Waals surface area contributed by atoms with Crippen LogP contribution in [0.2, 0.25) is 0 Å². The quantitative estimate of drug-likeness (QED) is 0.815. The fourth-order valence-corrected chi connectivity index (χ4v) is 3.65. The van der Waals surface area contributed by atoms with Gasteiger partial charge in [0.05, 0.1) is 6.54 Å². The summed E-state index contributed by atoms with van der Waals surface area (Å²) >= 11 is 0. The molecule has 0 saturated carbocycles. The molecule has 0 unspecified atom stereocenters. The summed E-state index contributed by atoms with van der Waals surface area (Å²) in [6.07, 6.45) is 0.706. The molecule has 2 aromatic carbocycles. The largest absolute Gasteiger partial charge is 0.340 e. The number of carbonyl (C=O) groups is 2. The SMILES string of the molecule is Cc1cccc(C)c1NC(=O)CN1CCN(C(=O)CCc2ccccc2F)CC1. The number of nitrogens with one attached hydrogen (secondary N) is 1. The molecule has 1 heterocycles. The van der Waals surface area contributed by atoms with Gasteiger partial charge in [-0.25, -0.2) is 4.39 Å². The number of hydrogen-bond donors (Lipinski definition) is 1. The molecule has 1 aliphatic heterocycles. The number of nitrogens with zero attached hydrogens (tertiary/aromatic N) is 2. The van der Waals surface area contributed by atoms with Gasteiger partial charge in [-0.15, -0.1) is 0 Å². The molecule has 29 heavy (non-hydrogen) atoms. The van der Waals surface area contributed by atoms with E-state index in [0.29, 0.717) is 51.1 Å². The number of aryl methyl sites for hydroxylation is 3. The van der Waals surface area contributed by atoms with Crippen molar-refractivity contribution in [2.45, 2.75) is 26.7 Å². The summed E-state index contributed by atoms with van der Waals surface area (Å²) in [5.74, 6) is -0.269. The van der Waals surface area contributed by atoms with Crippen molar-refractivity contribution < 1.29 is 14.0 Å². The molecule has 2 amide bonds. The first-order valence-electron chi connectivity index (χ1n) is 10.0. The highest BCUT2D eigenvalue weighted by Crippen LogP contribution is 2.19. The van der Waals surface area contributed by atoms with E-state index in [1.54, 1.807) is 23.1 Å². The van der Waals surface area contributed by atoms with E-state index in [1.807, 2.05) is 32.0 Å². The van der Waals surface area contributed by atoms with Gasteiger partial charge in [0.25, 0.3) is 0 Å². The van der Waals surface area contributed by atoms with Gasteiger partial charge in [0.2, 0.25) is 11.8 Å². The number of hydrogen-bond acceptors (Lipinski definition) is 3. The van der Waals surface area contributed by atoms with Crippen LogP contribution in [-0.4, -0.2) is 54.3 Å². The maximum Gasteiger partial charge on any atom is 0.238 e. The Morgan fingerprint density at radius 1 is 0.966 bits per heavy atom. The Hall–Kier alpha value is -2.73. The van der Waals surface area contributed by atoms with E-state index in [4.69, 9.17) is 0 Å². The minimum absolute atomic E-state index is 0.0351. The number of carbonyl (C=O) groups excluding carboxylic acids is 2. The molecule has 1 fully saturated rings. The van der Waals surface area contributed by atoms with E-state index in [2.05, 4.69) is 10.2 Å². The highest BCUT2D eigenvalue weighted by molar-refractivity contribution is 5.93. The van der Waals surface area contributed by atoms with Gasteiger partial charge in [0, 0.05) is 38.3 Å². The topological polar surface area (TPSA) is 52.7 Å². The van der Waals surface area contributed by atoms with Gasteiger partial charge in [-0.1, -0.05) is 36.4 Å². The number of piperazine rings is 1. The van der Waals surface area contributed by atoms with Gasteiger partial charge >= 0.3 is 0 Å². The minimum atomic E-state index is -0.264. The van der Waals surface area contributed by atoms with Gasteiger partial charge in [0.15, 0.2) is 0 Å². The minimum Gasteiger partial charge on any atom is -0.340 e. The van der Waals surface area contributed by atoms with Crippen LogP contribution in [0.4, 0.5) is 10.1 Å². The molecular formula is C23H28FN3O2. The van der Waals surface area contributed by atoms with Crippen molar-refractivity contribution in [1.82, 2.24) is 9.80 Å². The number of para-hydroxylation sites is 1. The molecule has 0 radical (unpaired) electrons. The van der Waals surface area contributed by atoms with Crippen LogP contribution in [0.1, 0.15) is 23.1 Å². The van der Waals surface area contributed by atoms with Crippen LogP contribution in [0.5, 0.6) is 0 Å². The van der Waals surface area contributed by atoms with Crippen LogP contribution in [0.25, 0.3) is 0 Å².